The Kier molecular flexibility index (Phi) is 3.50. The lowest BCUT2D eigenvalue weighted by Gasteiger charge is -2.44. The Morgan fingerprint density at radius 2 is 2.19 bits per heavy atom. The Hall–Kier alpha value is -0.610. The van der Waals surface area contributed by atoms with Gasteiger partial charge in [0.2, 0.25) is 0 Å². The van der Waals surface area contributed by atoms with Crippen LogP contribution in [0.25, 0.3) is 0 Å². The van der Waals surface area contributed by atoms with Gasteiger partial charge in [-0.3, -0.25) is 9.69 Å². The van der Waals surface area contributed by atoms with Gasteiger partial charge < -0.3 is 10.4 Å². The summed E-state index contributed by atoms with van der Waals surface area (Å²) >= 11 is 0. The number of carbonyl (C=O) groups is 1. The van der Waals surface area contributed by atoms with Crippen molar-refractivity contribution >= 4 is 5.97 Å². The van der Waals surface area contributed by atoms with Gasteiger partial charge >= 0.3 is 5.97 Å². The maximum atomic E-state index is 11.7. The normalized spacial score (nSPS) is 36.4. The Bertz CT molecular complexity index is 264. The van der Waals surface area contributed by atoms with E-state index in [1.807, 2.05) is 0 Å². The van der Waals surface area contributed by atoms with Crippen LogP contribution >= 0.6 is 0 Å². The van der Waals surface area contributed by atoms with Crippen LogP contribution in [0.3, 0.4) is 0 Å². The molecular formula is C12H22N2O2. The van der Waals surface area contributed by atoms with Gasteiger partial charge in [0.25, 0.3) is 0 Å². The van der Waals surface area contributed by atoms with Gasteiger partial charge in [0, 0.05) is 26.2 Å². The number of nitrogens with zero attached hydrogens (tertiary/aromatic N) is 1. The van der Waals surface area contributed by atoms with E-state index in [9.17, 15) is 9.90 Å². The number of piperazine rings is 1. The van der Waals surface area contributed by atoms with Gasteiger partial charge in [-0.1, -0.05) is 19.8 Å². The minimum Gasteiger partial charge on any atom is -0.480 e. The molecule has 16 heavy (non-hydrogen) atoms. The minimum atomic E-state index is -0.598. The van der Waals surface area contributed by atoms with Crippen molar-refractivity contribution in [1.29, 1.82) is 0 Å². The molecule has 0 aromatic carbocycles. The topological polar surface area (TPSA) is 52.6 Å². The van der Waals surface area contributed by atoms with Crippen LogP contribution < -0.4 is 5.32 Å². The molecule has 4 nitrogen and oxygen atoms in total. The van der Waals surface area contributed by atoms with E-state index in [1.54, 1.807) is 0 Å². The fourth-order valence-electron chi connectivity index (χ4n) is 3.50. The lowest BCUT2D eigenvalue weighted by Crippen LogP contribution is -2.61. The van der Waals surface area contributed by atoms with Crippen molar-refractivity contribution in [2.45, 2.75) is 38.1 Å². The second kappa shape index (κ2) is 4.72. The number of hydrogen-bond acceptors (Lipinski definition) is 3. The maximum absolute atomic E-state index is 11.7. The Balaban J connectivity index is 2.23. The van der Waals surface area contributed by atoms with Crippen LogP contribution in [0.1, 0.15) is 32.6 Å². The van der Waals surface area contributed by atoms with Crippen molar-refractivity contribution in [3.8, 4) is 0 Å². The smallest absolute Gasteiger partial charge is 0.324 e. The third kappa shape index (κ3) is 1.74. The highest BCUT2D eigenvalue weighted by atomic mass is 16.4. The first-order valence-electron chi connectivity index (χ1n) is 6.41. The van der Waals surface area contributed by atoms with Crippen molar-refractivity contribution < 1.29 is 9.90 Å². The minimum absolute atomic E-state index is 0.336. The summed E-state index contributed by atoms with van der Waals surface area (Å²) in [7, 11) is 0. The van der Waals surface area contributed by atoms with Crippen LogP contribution in [0.15, 0.2) is 0 Å². The summed E-state index contributed by atoms with van der Waals surface area (Å²) in [5.74, 6) is -0.262. The number of nitrogens with one attached hydrogen (secondary N) is 1. The highest BCUT2D eigenvalue weighted by molar-refractivity contribution is 5.79. The predicted molar refractivity (Wildman–Crippen MR) is 62.4 cm³/mol. The highest BCUT2D eigenvalue weighted by Gasteiger charge is 2.52. The molecule has 4 heteroatoms. The summed E-state index contributed by atoms with van der Waals surface area (Å²) in [5, 5.41) is 12.9. The molecule has 2 rings (SSSR count). The van der Waals surface area contributed by atoms with Gasteiger partial charge in [0.15, 0.2) is 0 Å². The van der Waals surface area contributed by atoms with E-state index in [4.69, 9.17) is 0 Å². The Morgan fingerprint density at radius 1 is 1.50 bits per heavy atom. The molecule has 0 amide bonds. The molecule has 2 fully saturated rings. The molecule has 2 N–H and O–H groups in total. The van der Waals surface area contributed by atoms with Gasteiger partial charge in [-0.2, -0.15) is 0 Å². The van der Waals surface area contributed by atoms with E-state index >= 15 is 0 Å². The lowest BCUT2D eigenvalue weighted by atomic mass is 9.83. The standard InChI is InChI=1S/C12H22N2O2/c1-2-10-4-3-5-12(10,11(15)16)14-8-6-13-7-9-14/h10,13H,2-9H2,1H3,(H,15,16). The van der Waals surface area contributed by atoms with E-state index in [-0.39, 0.29) is 0 Å². The Labute approximate surface area is 97.0 Å². The quantitative estimate of drug-likeness (QED) is 0.751. The molecule has 1 saturated carbocycles. The van der Waals surface area contributed by atoms with Crippen molar-refractivity contribution in [3.63, 3.8) is 0 Å². The fourth-order valence-corrected chi connectivity index (χ4v) is 3.50. The highest BCUT2D eigenvalue weighted by Crippen LogP contribution is 2.42. The van der Waals surface area contributed by atoms with Crippen molar-refractivity contribution in [2.75, 3.05) is 26.2 Å². The molecule has 2 atom stereocenters. The molecular weight excluding hydrogens is 204 g/mol. The van der Waals surface area contributed by atoms with E-state index in [0.29, 0.717) is 5.92 Å². The second-order valence-corrected chi connectivity index (χ2v) is 4.96. The van der Waals surface area contributed by atoms with Gasteiger partial charge in [0.05, 0.1) is 0 Å². The number of aliphatic carboxylic acids is 1. The Morgan fingerprint density at radius 3 is 2.75 bits per heavy atom. The zero-order chi connectivity index (χ0) is 11.6. The van der Waals surface area contributed by atoms with Gasteiger partial charge in [-0.05, 0) is 18.8 Å². The maximum Gasteiger partial charge on any atom is 0.324 e. The first-order valence-corrected chi connectivity index (χ1v) is 6.41. The molecule has 1 aliphatic carbocycles. The molecule has 0 aromatic rings. The van der Waals surface area contributed by atoms with Gasteiger partial charge in [-0.25, -0.2) is 0 Å². The van der Waals surface area contributed by atoms with Crippen LogP contribution in [-0.4, -0.2) is 47.7 Å². The van der Waals surface area contributed by atoms with Crippen molar-refractivity contribution in [3.05, 3.63) is 0 Å². The van der Waals surface area contributed by atoms with Crippen LogP contribution in [0.4, 0.5) is 0 Å². The van der Waals surface area contributed by atoms with Crippen molar-refractivity contribution in [1.82, 2.24) is 10.2 Å². The largest absolute Gasteiger partial charge is 0.480 e. The molecule has 1 saturated heterocycles. The average Bonchev–Trinajstić information content (AvgIpc) is 2.74. The van der Waals surface area contributed by atoms with E-state index in [1.165, 1.54) is 0 Å². The number of hydrogen-bond donors (Lipinski definition) is 2. The number of carboxylic acids is 1. The summed E-state index contributed by atoms with van der Waals surface area (Å²) < 4.78 is 0. The molecule has 0 radical (unpaired) electrons. The van der Waals surface area contributed by atoms with Gasteiger partial charge in [0.1, 0.15) is 5.54 Å². The summed E-state index contributed by atoms with van der Waals surface area (Å²) in [5.41, 5.74) is -0.559. The van der Waals surface area contributed by atoms with Crippen LogP contribution in [0.2, 0.25) is 0 Å². The third-order valence-corrected chi connectivity index (χ3v) is 4.33. The van der Waals surface area contributed by atoms with Crippen LogP contribution in [0.5, 0.6) is 0 Å². The van der Waals surface area contributed by atoms with Crippen LogP contribution in [0, 0.1) is 5.92 Å². The van der Waals surface area contributed by atoms with Crippen LogP contribution in [-0.2, 0) is 4.79 Å². The zero-order valence-corrected chi connectivity index (χ0v) is 10.0. The number of rotatable bonds is 3. The van der Waals surface area contributed by atoms with E-state index < -0.39 is 11.5 Å². The fraction of sp³-hybridized carbons (Fsp3) is 0.917. The molecule has 1 aliphatic heterocycles. The first-order chi connectivity index (χ1) is 7.71. The molecule has 2 aliphatic rings. The first kappa shape index (κ1) is 11.9. The van der Waals surface area contributed by atoms with E-state index in [0.717, 1.165) is 51.9 Å². The van der Waals surface area contributed by atoms with Gasteiger partial charge in [-0.15, -0.1) is 0 Å². The summed E-state index contributed by atoms with van der Waals surface area (Å²) in [6, 6.07) is 0. The summed E-state index contributed by atoms with van der Waals surface area (Å²) in [6.45, 7) is 5.72. The molecule has 0 aromatic heterocycles. The average molecular weight is 226 g/mol. The van der Waals surface area contributed by atoms with Crippen molar-refractivity contribution in [2.24, 2.45) is 5.92 Å². The molecule has 92 valence electrons. The monoisotopic (exact) mass is 226 g/mol. The van der Waals surface area contributed by atoms with E-state index in [2.05, 4.69) is 17.1 Å². The summed E-state index contributed by atoms with van der Waals surface area (Å²) in [6.07, 6.45) is 3.96. The molecule has 1 heterocycles. The molecule has 2 unspecified atom stereocenters. The summed E-state index contributed by atoms with van der Waals surface area (Å²) in [4.78, 5) is 13.9. The third-order valence-electron chi connectivity index (χ3n) is 4.33. The molecule has 0 bridgehead atoms. The predicted octanol–water partition coefficient (Wildman–Crippen LogP) is 0.925. The SMILES string of the molecule is CCC1CCCC1(C(=O)O)N1CCNCC1. The molecule has 0 spiro atoms. The second-order valence-electron chi connectivity index (χ2n) is 4.96. The lowest BCUT2D eigenvalue weighted by molar-refractivity contribution is -0.155. The number of carboxylic acid groups (broad SMARTS) is 1. The zero-order valence-electron chi connectivity index (χ0n) is 10.0.